The second kappa shape index (κ2) is 5.50. The van der Waals surface area contributed by atoms with Crippen LogP contribution in [0.1, 0.15) is 37.2 Å². The Morgan fingerprint density at radius 3 is 2.69 bits per heavy atom. The summed E-state index contributed by atoms with van der Waals surface area (Å²) in [6, 6.07) is 1.78. The number of hydrogen-bond donors (Lipinski definition) is 1. The van der Waals surface area contributed by atoms with Gasteiger partial charge in [0.05, 0.1) is 12.0 Å². The number of aliphatic hydroxyl groups is 1. The van der Waals surface area contributed by atoms with Crippen LogP contribution in [0.2, 0.25) is 0 Å². The molecule has 0 saturated heterocycles. The zero-order valence-electron chi connectivity index (χ0n) is 9.64. The van der Waals surface area contributed by atoms with Crippen molar-refractivity contribution in [1.29, 1.82) is 0 Å². The van der Waals surface area contributed by atoms with Gasteiger partial charge in [-0.2, -0.15) is 0 Å². The van der Waals surface area contributed by atoms with Crippen molar-refractivity contribution >= 4 is 9.84 Å². The van der Waals surface area contributed by atoms with Gasteiger partial charge in [-0.1, -0.05) is 6.92 Å². The highest BCUT2D eigenvalue weighted by Gasteiger charge is 2.15. The van der Waals surface area contributed by atoms with Crippen LogP contribution >= 0.6 is 0 Å². The van der Waals surface area contributed by atoms with E-state index in [1.807, 2.05) is 6.92 Å². The Balaban J connectivity index is 2.43. The predicted molar refractivity (Wildman–Crippen MR) is 62.0 cm³/mol. The first-order valence-electron chi connectivity index (χ1n) is 5.38. The number of sulfone groups is 1. The summed E-state index contributed by atoms with van der Waals surface area (Å²) in [5.41, 5.74) is 0.894. The number of hydrogen-bond acceptors (Lipinski definition) is 4. The highest BCUT2D eigenvalue weighted by atomic mass is 32.2. The summed E-state index contributed by atoms with van der Waals surface area (Å²) in [6.45, 7) is 3.48. The Hall–Kier alpha value is -0.810. The Morgan fingerprint density at radius 2 is 2.19 bits per heavy atom. The quantitative estimate of drug-likeness (QED) is 0.831. The van der Waals surface area contributed by atoms with E-state index in [-0.39, 0.29) is 11.5 Å². The molecule has 1 aromatic rings. The fourth-order valence-corrected chi connectivity index (χ4v) is 2.39. The zero-order valence-corrected chi connectivity index (χ0v) is 10.5. The number of furan rings is 1. The third-order valence-electron chi connectivity index (χ3n) is 2.58. The van der Waals surface area contributed by atoms with E-state index in [4.69, 9.17) is 4.42 Å². The van der Waals surface area contributed by atoms with E-state index >= 15 is 0 Å². The average molecular weight is 246 g/mol. The van der Waals surface area contributed by atoms with E-state index in [2.05, 4.69) is 0 Å². The fraction of sp³-hybridized carbons (Fsp3) is 0.636. The van der Waals surface area contributed by atoms with Crippen LogP contribution in [0, 0.1) is 6.92 Å². The van der Waals surface area contributed by atoms with Crippen LogP contribution in [0.15, 0.2) is 16.7 Å². The monoisotopic (exact) mass is 246 g/mol. The first-order chi connectivity index (χ1) is 7.46. The molecule has 0 fully saturated rings. The van der Waals surface area contributed by atoms with Crippen molar-refractivity contribution in [1.82, 2.24) is 0 Å². The van der Waals surface area contributed by atoms with Gasteiger partial charge in [0, 0.05) is 5.75 Å². The molecule has 5 heteroatoms. The molecule has 0 bridgehead atoms. The molecule has 0 aliphatic carbocycles. The van der Waals surface area contributed by atoms with Crippen LogP contribution < -0.4 is 0 Å². The molecule has 92 valence electrons. The van der Waals surface area contributed by atoms with Crippen LogP contribution in [-0.2, 0) is 9.84 Å². The first-order valence-corrected chi connectivity index (χ1v) is 7.21. The normalized spacial score (nSPS) is 13.9. The van der Waals surface area contributed by atoms with Crippen molar-refractivity contribution in [2.75, 3.05) is 11.5 Å². The van der Waals surface area contributed by atoms with Gasteiger partial charge in [0.2, 0.25) is 0 Å². The molecule has 1 rings (SSSR count). The maximum atomic E-state index is 11.2. The molecule has 0 radical (unpaired) electrons. The third kappa shape index (κ3) is 3.64. The number of aryl methyl sites for hydroxylation is 1. The Kier molecular flexibility index (Phi) is 4.56. The highest BCUT2D eigenvalue weighted by molar-refractivity contribution is 7.91. The van der Waals surface area contributed by atoms with Crippen molar-refractivity contribution in [2.45, 2.75) is 32.8 Å². The van der Waals surface area contributed by atoms with Crippen LogP contribution in [0.4, 0.5) is 0 Å². The largest absolute Gasteiger partial charge is 0.466 e. The van der Waals surface area contributed by atoms with E-state index in [0.29, 0.717) is 18.6 Å². The molecule has 1 N–H and O–H groups in total. The van der Waals surface area contributed by atoms with Gasteiger partial charge in [-0.05, 0) is 31.4 Å². The first kappa shape index (κ1) is 13.3. The maximum absolute atomic E-state index is 11.2. The summed E-state index contributed by atoms with van der Waals surface area (Å²) in [5.74, 6) is 0.817. The summed E-state index contributed by atoms with van der Waals surface area (Å²) in [4.78, 5) is 0. The maximum Gasteiger partial charge on any atom is 0.150 e. The molecular weight excluding hydrogens is 228 g/mol. The lowest BCUT2D eigenvalue weighted by atomic mass is 10.1. The minimum absolute atomic E-state index is 0.125. The van der Waals surface area contributed by atoms with Gasteiger partial charge in [-0.3, -0.25) is 0 Å². The van der Waals surface area contributed by atoms with Gasteiger partial charge < -0.3 is 9.52 Å². The SMILES string of the molecule is CCS(=O)(=O)CCCC(O)c1occc1C. The van der Waals surface area contributed by atoms with E-state index in [1.54, 1.807) is 13.0 Å². The number of aliphatic hydroxyl groups excluding tert-OH is 1. The lowest BCUT2D eigenvalue weighted by Crippen LogP contribution is -2.10. The topological polar surface area (TPSA) is 67.5 Å². The van der Waals surface area contributed by atoms with Crippen molar-refractivity contribution in [2.24, 2.45) is 0 Å². The van der Waals surface area contributed by atoms with Gasteiger partial charge in [0.15, 0.2) is 0 Å². The minimum Gasteiger partial charge on any atom is -0.466 e. The van der Waals surface area contributed by atoms with Crippen LogP contribution in [0.25, 0.3) is 0 Å². The summed E-state index contributed by atoms with van der Waals surface area (Å²) in [6.07, 6.45) is 1.68. The standard InChI is InChI=1S/C11H18O4S/c1-3-16(13,14)8-4-5-10(12)11-9(2)6-7-15-11/h6-7,10,12H,3-5,8H2,1-2H3. The van der Waals surface area contributed by atoms with Gasteiger partial charge in [0.1, 0.15) is 21.7 Å². The minimum atomic E-state index is -2.94. The van der Waals surface area contributed by atoms with E-state index in [0.717, 1.165) is 5.56 Å². The molecule has 1 atom stereocenters. The smallest absolute Gasteiger partial charge is 0.150 e. The molecular formula is C11H18O4S. The summed E-state index contributed by atoms with van der Waals surface area (Å²) in [5, 5.41) is 9.77. The molecule has 0 aromatic carbocycles. The van der Waals surface area contributed by atoms with Crippen molar-refractivity contribution in [3.8, 4) is 0 Å². The van der Waals surface area contributed by atoms with Crippen molar-refractivity contribution < 1.29 is 17.9 Å². The third-order valence-corrected chi connectivity index (χ3v) is 4.37. The Bertz CT molecular complexity index is 419. The van der Waals surface area contributed by atoms with E-state index < -0.39 is 15.9 Å². The summed E-state index contributed by atoms with van der Waals surface area (Å²) < 4.78 is 27.6. The summed E-state index contributed by atoms with van der Waals surface area (Å²) >= 11 is 0. The van der Waals surface area contributed by atoms with Crippen LogP contribution in [0.3, 0.4) is 0 Å². The molecule has 0 amide bonds. The van der Waals surface area contributed by atoms with Gasteiger partial charge >= 0.3 is 0 Å². The number of rotatable bonds is 6. The average Bonchev–Trinajstić information content (AvgIpc) is 2.64. The zero-order chi connectivity index (χ0) is 12.2. The van der Waals surface area contributed by atoms with Gasteiger partial charge in [0.25, 0.3) is 0 Å². The van der Waals surface area contributed by atoms with Gasteiger partial charge in [-0.25, -0.2) is 8.42 Å². The van der Waals surface area contributed by atoms with Gasteiger partial charge in [-0.15, -0.1) is 0 Å². The molecule has 0 spiro atoms. The molecule has 0 aliphatic rings. The highest BCUT2D eigenvalue weighted by Crippen LogP contribution is 2.22. The second-order valence-electron chi connectivity index (χ2n) is 3.86. The van der Waals surface area contributed by atoms with Crippen molar-refractivity contribution in [3.05, 3.63) is 23.7 Å². The predicted octanol–water partition coefficient (Wildman–Crippen LogP) is 1.84. The lowest BCUT2D eigenvalue weighted by Gasteiger charge is -2.08. The molecule has 0 saturated carbocycles. The van der Waals surface area contributed by atoms with Crippen LogP contribution in [-0.4, -0.2) is 25.0 Å². The van der Waals surface area contributed by atoms with E-state index in [9.17, 15) is 13.5 Å². The second-order valence-corrected chi connectivity index (χ2v) is 6.33. The lowest BCUT2D eigenvalue weighted by molar-refractivity contribution is 0.138. The Morgan fingerprint density at radius 1 is 1.50 bits per heavy atom. The molecule has 1 aromatic heterocycles. The fourth-order valence-electron chi connectivity index (χ4n) is 1.50. The van der Waals surface area contributed by atoms with E-state index in [1.165, 1.54) is 6.26 Å². The molecule has 1 heterocycles. The summed E-state index contributed by atoms with van der Waals surface area (Å²) in [7, 11) is -2.94. The molecule has 1 unspecified atom stereocenters. The van der Waals surface area contributed by atoms with Crippen LogP contribution in [0.5, 0.6) is 0 Å². The molecule has 4 nitrogen and oxygen atoms in total. The van der Waals surface area contributed by atoms with Crippen molar-refractivity contribution in [3.63, 3.8) is 0 Å². The molecule has 0 aliphatic heterocycles. The Labute approximate surface area is 96.2 Å². The molecule has 16 heavy (non-hydrogen) atoms.